The Hall–Kier alpha value is -2.14. The molecular formula is C16H20N4O. The molecule has 1 saturated heterocycles. The fourth-order valence-corrected chi connectivity index (χ4v) is 2.59. The molecule has 0 amide bonds. The van der Waals surface area contributed by atoms with Crippen LogP contribution >= 0.6 is 0 Å². The van der Waals surface area contributed by atoms with Crippen LogP contribution in [0, 0.1) is 6.92 Å². The van der Waals surface area contributed by atoms with Crippen molar-refractivity contribution in [1.82, 2.24) is 9.97 Å². The van der Waals surface area contributed by atoms with Gasteiger partial charge in [0, 0.05) is 24.9 Å². The lowest BCUT2D eigenvalue weighted by atomic mass is 10.1. The van der Waals surface area contributed by atoms with Crippen LogP contribution in [0.3, 0.4) is 0 Å². The van der Waals surface area contributed by atoms with Crippen LogP contribution in [-0.2, 0) is 4.74 Å². The van der Waals surface area contributed by atoms with Crippen molar-refractivity contribution < 1.29 is 4.74 Å². The van der Waals surface area contributed by atoms with Gasteiger partial charge >= 0.3 is 0 Å². The summed E-state index contributed by atoms with van der Waals surface area (Å²) < 4.78 is 5.97. The molecule has 1 unspecified atom stereocenters. The van der Waals surface area contributed by atoms with E-state index in [0.29, 0.717) is 11.8 Å². The first-order chi connectivity index (χ1) is 10.2. The largest absolute Gasteiger partial charge is 0.384 e. The normalized spacial score (nSPS) is 19.3. The highest BCUT2D eigenvalue weighted by Gasteiger charge is 2.22. The number of nitrogens with two attached hydrogens (primary N) is 1. The molecule has 1 aromatic heterocycles. The Balaban J connectivity index is 1.85. The van der Waals surface area contributed by atoms with Gasteiger partial charge in [-0.2, -0.15) is 4.98 Å². The second-order valence-corrected chi connectivity index (χ2v) is 5.30. The van der Waals surface area contributed by atoms with Crippen molar-refractivity contribution in [3.05, 3.63) is 47.7 Å². The van der Waals surface area contributed by atoms with E-state index in [9.17, 15) is 0 Å². The van der Waals surface area contributed by atoms with Crippen LogP contribution in [0.15, 0.2) is 36.4 Å². The van der Waals surface area contributed by atoms with Crippen LogP contribution in [-0.4, -0.2) is 29.7 Å². The Labute approximate surface area is 124 Å². The van der Waals surface area contributed by atoms with E-state index in [1.54, 1.807) is 6.07 Å². The van der Waals surface area contributed by atoms with Crippen molar-refractivity contribution in [2.75, 3.05) is 30.3 Å². The first kappa shape index (κ1) is 13.8. The number of aryl methyl sites for hydroxylation is 1. The summed E-state index contributed by atoms with van der Waals surface area (Å²) in [5, 5.41) is 0. The molecule has 2 N–H and O–H groups in total. The Bertz CT molecular complexity index is 582. The summed E-state index contributed by atoms with van der Waals surface area (Å²) in [6.45, 7) is 4.31. The molecule has 1 aliphatic heterocycles. The van der Waals surface area contributed by atoms with Gasteiger partial charge < -0.3 is 15.4 Å². The van der Waals surface area contributed by atoms with Crippen molar-refractivity contribution in [2.45, 2.75) is 19.4 Å². The molecule has 1 fully saturated rings. The summed E-state index contributed by atoms with van der Waals surface area (Å²) in [6, 6.07) is 12.1. The molecule has 0 spiro atoms. The van der Waals surface area contributed by atoms with Crippen molar-refractivity contribution in [3.8, 4) is 0 Å². The molecule has 0 saturated carbocycles. The molecule has 5 heteroatoms. The van der Waals surface area contributed by atoms with Crippen LogP contribution in [0.2, 0.25) is 0 Å². The van der Waals surface area contributed by atoms with E-state index in [0.717, 1.165) is 31.8 Å². The standard InChI is InChI=1S/C16H20N4O/c1-12-10-15(17)19-16(18-12)20-8-5-9-21-14(11-20)13-6-3-2-4-7-13/h2-4,6-7,10,14H,5,8-9,11H2,1H3,(H2,17,18,19). The second-order valence-electron chi connectivity index (χ2n) is 5.30. The van der Waals surface area contributed by atoms with E-state index in [1.807, 2.05) is 25.1 Å². The van der Waals surface area contributed by atoms with E-state index in [2.05, 4.69) is 27.0 Å². The van der Waals surface area contributed by atoms with Crippen LogP contribution < -0.4 is 10.6 Å². The average molecular weight is 284 g/mol. The highest BCUT2D eigenvalue weighted by Crippen LogP contribution is 2.24. The minimum absolute atomic E-state index is 0.0408. The summed E-state index contributed by atoms with van der Waals surface area (Å²) in [7, 11) is 0. The first-order valence-electron chi connectivity index (χ1n) is 7.25. The minimum atomic E-state index is 0.0408. The summed E-state index contributed by atoms with van der Waals surface area (Å²) in [5.74, 6) is 1.21. The molecule has 0 bridgehead atoms. The molecule has 1 aromatic carbocycles. The number of nitrogens with zero attached hydrogens (tertiary/aromatic N) is 3. The number of aromatic nitrogens is 2. The zero-order valence-corrected chi connectivity index (χ0v) is 12.2. The Morgan fingerprint density at radius 3 is 2.81 bits per heavy atom. The van der Waals surface area contributed by atoms with E-state index in [1.165, 1.54) is 5.56 Å². The van der Waals surface area contributed by atoms with Gasteiger partial charge in [0.25, 0.3) is 0 Å². The van der Waals surface area contributed by atoms with Crippen LogP contribution in [0.25, 0.3) is 0 Å². The molecule has 1 atom stereocenters. The monoisotopic (exact) mass is 284 g/mol. The topological polar surface area (TPSA) is 64.3 Å². The van der Waals surface area contributed by atoms with Gasteiger partial charge in [0.05, 0.1) is 6.54 Å². The lowest BCUT2D eigenvalue weighted by Gasteiger charge is -2.24. The molecule has 5 nitrogen and oxygen atoms in total. The van der Waals surface area contributed by atoms with Crippen LogP contribution in [0.5, 0.6) is 0 Å². The van der Waals surface area contributed by atoms with Gasteiger partial charge in [0.15, 0.2) is 0 Å². The SMILES string of the molecule is Cc1cc(N)nc(N2CCCOC(c3ccccc3)C2)n1. The predicted molar refractivity (Wildman–Crippen MR) is 83.1 cm³/mol. The van der Waals surface area contributed by atoms with Gasteiger partial charge in [-0.15, -0.1) is 0 Å². The van der Waals surface area contributed by atoms with Gasteiger partial charge in [0.1, 0.15) is 11.9 Å². The molecule has 0 radical (unpaired) electrons. The summed E-state index contributed by atoms with van der Waals surface area (Å²) in [4.78, 5) is 11.0. The van der Waals surface area contributed by atoms with E-state index >= 15 is 0 Å². The number of anilines is 2. The van der Waals surface area contributed by atoms with E-state index in [4.69, 9.17) is 10.5 Å². The molecular weight excluding hydrogens is 264 g/mol. The highest BCUT2D eigenvalue weighted by atomic mass is 16.5. The maximum atomic E-state index is 5.97. The number of hydrogen-bond donors (Lipinski definition) is 1. The fourth-order valence-electron chi connectivity index (χ4n) is 2.59. The number of hydrogen-bond acceptors (Lipinski definition) is 5. The highest BCUT2D eigenvalue weighted by molar-refractivity contribution is 5.41. The molecule has 2 heterocycles. The van der Waals surface area contributed by atoms with Crippen molar-refractivity contribution in [1.29, 1.82) is 0 Å². The Morgan fingerprint density at radius 1 is 1.24 bits per heavy atom. The molecule has 21 heavy (non-hydrogen) atoms. The quantitative estimate of drug-likeness (QED) is 0.917. The van der Waals surface area contributed by atoms with Gasteiger partial charge in [-0.3, -0.25) is 0 Å². The number of nitrogen functional groups attached to an aromatic ring is 1. The third-order valence-electron chi connectivity index (χ3n) is 3.59. The van der Waals surface area contributed by atoms with Gasteiger partial charge in [0.2, 0.25) is 5.95 Å². The fraction of sp³-hybridized carbons (Fsp3) is 0.375. The van der Waals surface area contributed by atoms with Gasteiger partial charge in [-0.25, -0.2) is 4.98 Å². The van der Waals surface area contributed by atoms with Gasteiger partial charge in [-0.1, -0.05) is 30.3 Å². The maximum absolute atomic E-state index is 5.97. The first-order valence-corrected chi connectivity index (χ1v) is 7.25. The van der Waals surface area contributed by atoms with Crippen molar-refractivity contribution >= 4 is 11.8 Å². The summed E-state index contributed by atoms with van der Waals surface area (Å²) in [6.07, 6.45) is 1.000. The van der Waals surface area contributed by atoms with Gasteiger partial charge in [-0.05, 0) is 18.9 Å². The summed E-state index contributed by atoms with van der Waals surface area (Å²) >= 11 is 0. The number of benzene rings is 1. The minimum Gasteiger partial charge on any atom is -0.384 e. The number of ether oxygens (including phenoxy) is 1. The molecule has 3 rings (SSSR count). The van der Waals surface area contributed by atoms with Crippen LogP contribution in [0.4, 0.5) is 11.8 Å². The third-order valence-corrected chi connectivity index (χ3v) is 3.59. The molecule has 1 aliphatic rings. The Morgan fingerprint density at radius 2 is 2.05 bits per heavy atom. The molecule has 0 aliphatic carbocycles. The lowest BCUT2D eigenvalue weighted by Crippen LogP contribution is -2.29. The number of rotatable bonds is 2. The predicted octanol–water partition coefficient (Wildman–Crippen LogP) is 2.34. The van der Waals surface area contributed by atoms with Crippen LogP contribution in [0.1, 0.15) is 23.8 Å². The smallest absolute Gasteiger partial charge is 0.227 e. The lowest BCUT2D eigenvalue weighted by molar-refractivity contribution is 0.0686. The zero-order chi connectivity index (χ0) is 14.7. The van der Waals surface area contributed by atoms with E-state index in [-0.39, 0.29) is 6.10 Å². The second kappa shape index (κ2) is 6.10. The molecule has 110 valence electrons. The third kappa shape index (κ3) is 3.31. The summed E-state index contributed by atoms with van der Waals surface area (Å²) in [5.41, 5.74) is 7.92. The molecule has 2 aromatic rings. The Kier molecular flexibility index (Phi) is 4.01. The average Bonchev–Trinajstić information content (AvgIpc) is 2.73. The van der Waals surface area contributed by atoms with E-state index < -0.39 is 0 Å². The maximum Gasteiger partial charge on any atom is 0.227 e. The van der Waals surface area contributed by atoms with Crippen molar-refractivity contribution in [2.24, 2.45) is 0 Å². The van der Waals surface area contributed by atoms with Crippen molar-refractivity contribution in [3.63, 3.8) is 0 Å². The zero-order valence-electron chi connectivity index (χ0n) is 12.2.